The number of benzene rings is 1. The van der Waals surface area contributed by atoms with Crippen LogP contribution in [0.1, 0.15) is 33.2 Å². The molecule has 0 heterocycles. The van der Waals surface area contributed by atoms with E-state index in [0.717, 1.165) is 0 Å². The van der Waals surface area contributed by atoms with Crippen molar-refractivity contribution in [3.63, 3.8) is 0 Å². The number of allylic oxidation sites excluding steroid dienone is 2. The first-order valence-electron chi connectivity index (χ1n) is 4.56. The molecule has 0 atom stereocenters. The van der Waals surface area contributed by atoms with Crippen LogP contribution in [-0.4, -0.2) is 11.6 Å². The van der Waals surface area contributed by atoms with Crippen LogP contribution in [-0.2, 0) is 0 Å². The van der Waals surface area contributed by atoms with E-state index in [4.69, 9.17) is 16.9 Å². The lowest BCUT2D eigenvalue weighted by molar-refractivity contribution is 0.0980. The highest BCUT2D eigenvalue weighted by Crippen LogP contribution is 2.29. The Bertz CT molecular complexity index is 594. The summed E-state index contributed by atoms with van der Waals surface area (Å²) in [6.45, 7) is 1.49. The van der Waals surface area contributed by atoms with Crippen molar-refractivity contribution in [2.75, 3.05) is 0 Å². The summed E-state index contributed by atoms with van der Waals surface area (Å²) in [6.07, 6.45) is 0. The van der Waals surface area contributed by atoms with Gasteiger partial charge in [-0.1, -0.05) is 23.7 Å². The quantitative estimate of drug-likeness (QED) is 0.689. The van der Waals surface area contributed by atoms with E-state index in [0.29, 0.717) is 0 Å². The van der Waals surface area contributed by atoms with Gasteiger partial charge in [0.2, 0.25) is 5.78 Å². The monoisotopic (exact) mass is 231 g/mol. The first-order chi connectivity index (χ1) is 7.57. The number of hydrogen-bond donors (Lipinski definition) is 0. The van der Waals surface area contributed by atoms with E-state index in [-0.39, 0.29) is 33.1 Å². The second-order valence-electron chi connectivity index (χ2n) is 3.44. The molecule has 0 amide bonds. The maximum Gasteiger partial charge on any atom is 0.205 e. The molecule has 0 saturated heterocycles. The van der Waals surface area contributed by atoms with Gasteiger partial charge >= 0.3 is 0 Å². The van der Waals surface area contributed by atoms with Gasteiger partial charge in [0.15, 0.2) is 5.78 Å². The van der Waals surface area contributed by atoms with Crippen LogP contribution in [0.5, 0.6) is 0 Å². The summed E-state index contributed by atoms with van der Waals surface area (Å²) < 4.78 is 0. The third kappa shape index (κ3) is 1.28. The molecule has 0 radical (unpaired) electrons. The highest BCUT2D eigenvalue weighted by atomic mass is 35.5. The molecule has 0 saturated carbocycles. The minimum atomic E-state index is -0.397. The predicted molar refractivity (Wildman–Crippen MR) is 58.4 cm³/mol. The van der Waals surface area contributed by atoms with E-state index in [1.165, 1.54) is 19.1 Å². The number of ketones is 2. The summed E-state index contributed by atoms with van der Waals surface area (Å²) in [6, 6.07) is 6.48. The number of halogens is 1. The molecule has 0 aliphatic heterocycles. The fraction of sp³-hybridized carbons (Fsp3) is 0.0833. The molecular weight excluding hydrogens is 226 g/mol. The smallest absolute Gasteiger partial charge is 0.205 e. The lowest BCUT2D eigenvalue weighted by atomic mass is 9.87. The standard InChI is InChI=1S/C12H6ClNO2/c1-6-10(13)12(16)8-4-2-3-7(5-14)9(8)11(6)15/h2-4H,1H3. The number of rotatable bonds is 0. The van der Waals surface area contributed by atoms with Crippen LogP contribution in [0.25, 0.3) is 0 Å². The Morgan fingerprint density at radius 3 is 2.56 bits per heavy atom. The Labute approximate surface area is 96.9 Å². The normalized spacial score (nSPS) is 14.8. The lowest BCUT2D eigenvalue weighted by Gasteiger charge is -2.15. The van der Waals surface area contributed by atoms with Crippen LogP contribution >= 0.6 is 11.6 Å². The van der Waals surface area contributed by atoms with E-state index >= 15 is 0 Å². The summed E-state index contributed by atoms with van der Waals surface area (Å²) in [7, 11) is 0. The fourth-order valence-electron chi connectivity index (χ4n) is 1.66. The zero-order valence-corrected chi connectivity index (χ0v) is 9.13. The van der Waals surface area contributed by atoms with Gasteiger partial charge in [0.25, 0.3) is 0 Å². The fourth-order valence-corrected chi connectivity index (χ4v) is 1.84. The van der Waals surface area contributed by atoms with Crippen molar-refractivity contribution in [3.05, 3.63) is 45.5 Å². The highest BCUT2D eigenvalue weighted by molar-refractivity contribution is 6.50. The molecule has 16 heavy (non-hydrogen) atoms. The summed E-state index contributed by atoms with van der Waals surface area (Å²) in [5.74, 6) is -0.748. The number of Topliss-reactive ketones (excluding diaryl/α,β-unsaturated/α-hetero) is 2. The Kier molecular flexibility index (Phi) is 2.37. The van der Waals surface area contributed by atoms with Crippen LogP contribution in [0.15, 0.2) is 28.8 Å². The molecule has 0 bridgehead atoms. The maximum atomic E-state index is 11.9. The topological polar surface area (TPSA) is 57.9 Å². The average Bonchev–Trinajstić information content (AvgIpc) is 2.32. The molecule has 0 unspecified atom stereocenters. The number of nitrogens with zero attached hydrogens (tertiary/aromatic N) is 1. The number of fused-ring (bicyclic) bond motifs is 1. The SMILES string of the molecule is CC1=C(Cl)C(=O)c2cccc(C#N)c2C1=O. The largest absolute Gasteiger partial charge is 0.289 e. The number of carbonyl (C=O) groups is 2. The van der Waals surface area contributed by atoms with Crippen molar-refractivity contribution in [2.45, 2.75) is 6.92 Å². The first-order valence-corrected chi connectivity index (χ1v) is 4.94. The van der Waals surface area contributed by atoms with Crippen molar-refractivity contribution >= 4 is 23.2 Å². The van der Waals surface area contributed by atoms with Crippen LogP contribution in [0.3, 0.4) is 0 Å². The first kappa shape index (κ1) is 10.6. The minimum Gasteiger partial charge on any atom is -0.289 e. The molecular formula is C12H6ClNO2. The summed E-state index contributed by atoms with van der Waals surface area (Å²) in [5, 5.41) is 8.82. The summed E-state index contributed by atoms with van der Waals surface area (Å²) in [5.41, 5.74) is 0.776. The van der Waals surface area contributed by atoms with Crippen molar-refractivity contribution < 1.29 is 9.59 Å². The molecule has 0 spiro atoms. The highest BCUT2D eigenvalue weighted by Gasteiger charge is 2.30. The van der Waals surface area contributed by atoms with Gasteiger partial charge < -0.3 is 0 Å². The second-order valence-corrected chi connectivity index (χ2v) is 3.82. The number of carbonyl (C=O) groups excluding carboxylic acids is 2. The molecule has 78 valence electrons. The molecule has 1 aromatic carbocycles. The van der Waals surface area contributed by atoms with E-state index in [9.17, 15) is 9.59 Å². The third-order valence-electron chi connectivity index (χ3n) is 2.53. The van der Waals surface area contributed by atoms with E-state index in [1.807, 2.05) is 6.07 Å². The summed E-state index contributed by atoms with van der Waals surface area (Å²) >= 11 is 5.76. The van der Waals surface area contributed by atoms with E-state index in [2.05, 4.69) is 0 Å². The van der Waals surface area contributed by atoms with Gasteiger partial charge in [-0.3, -0.25) is 9.59 Å². The van der Waals surface area contributed by atoms with Crippen LogP contribution < -0.4 is 0 Å². The van der Waals surface area contributed by atoms with Gasteiger partial charge in [-0.25, -0.2) is 0 Å². The Morgan fingerprint density at radius 1 is 1.25 bits per heavy atom. The van der Waals surface area contributed by atoms with Gasteiger partial charge in [-0.15, -0.1) is 0 Å². The molecule has 1 aromatic rings. The van der Waals surface area contributed by atoms with E-state index in [1.54, 1.807) is 6.07 Å². The van der Waals surface area contributed by atoms with E-state index < -0.39 is 5.78 Å². The van der Waals surface area contributed by atoms with Gasteiger partial charge in [0.05, 0.1) is 22.2 Å². The Morgan fingerprint density at radius 2 is 1.94 bits per heavy atom. The average molecular weight is 232 g/mol. The molecule has 1 aliphatic rings. The molecule has 0 aromatic heterocycles. The predicted octanol–water partition coefficient (Wildman–Crippen LogP) is 2.45. The van der Waals surface area contributed by atoms with Crippen molar-refractivity contribution in [3.8, 4) is 6.07 Å². The van der Waals surface area contributed by atoms with Gasteiger partial charge in [0, 0.05) is 11.1 Å². The summed E-state index contributed by atoms with van der Waals surface area (Å²) in [4.78, 5) is 23.7. The number of nitriles is 1. The van der Waals surface area contributed by atoms with Crippen molar-refractivity contribution in [1.82, 2.24) is 0 Å². The Balaban J connectivity index is 2.82. The second kappa shape index (κ2) is 3.58. The van der Waals surface area contributed by atoms with Crippen LogP contribution in [0.2, 0.25) is 0 Å². The van der Waals surface area contributed by atoms with Crippen LogP contribution in [0.4, 0.5) is 0 Å². The molecule has 3 nitrogen and oxygen atoms in total. The van der Waals surface area contributed by atoms with Crippen molar-refractivity contribution in [1.29, 1.82) is 5.26 Å². The zero-order valence-electron chi connectivity index (χ0n) is 8.37. The van der Waals surface area contributed by atoms with Gasteiger partial charge in [0.1, 0.15) is 0 Å². The lowest BCUT2D eigenvalue weighted by Crippen LogP contribution is -2.19. The minimum absolute atomic E-state index is 0.0624. The van der Waals surface area contributed by atoms with Gasteiger partial charge in [-0.2, -0.15) is 5.26 Å². The zero-order chi connectivity index (χ0) is 11.9. The van der Waals surface area contributed by atoms with Crippen LogP contribution in [0, 0.1) is 11.3 Å². The molecule has 4 heteroatoms. The molecule has 1 aliphatic carbocycles. The molecule has 2 rings (SSSR count). The molecule has 0 N–H and O–H groups in total. The van der Waals surface area contributed by atoms with Crippen molar-refractivity contribution in [2.24, 2.45) is 0 Å². The third-order valence-corrected chi connectivity index (χ3v) is 2.98. The number of hydrogen-bond acceptors (Lipinski definition) is 3. The Hall–Kier alpha value is -1.92. The maximum absolute atomic E-state index is 11.9. The van der Waals surface area contributed by atoms with Gasteiger partial charge in [-0.05, 0) is 13.0 Å². The molecule has 0 fully saturated rings.